The molecule has 0 fully saturated rings. The van der Waals surface area contributed by atoms with Crippen molar-refractivity contribution in [2.45, 2.75) is 26.8 Å². The van der Waals surface area contributed by atoms with Crippen molar-refractivity contribution in [3.63, 3.8) is 0 Å². The van der Waals surface area contributed by atoms with Crippen LogP contribution in [-0.2, 0) is 9.53 Å². The van der Waals surface area contributed by atoms with Crippen LogP contribution in [0.1, 0.15) is 36.1 Å². The fraction of sp³-hybridized carbons (Fsp3) is 0.357. The van der Waals surface area contributed by atoms with Crippen molar-refractivity contribution in [1.29, 1.82) is 0 Å². The highest BCUT2D eigenvalue weighted by molar-refractivity contribution is 5.94. The van der Waals surface area contributed by atoms with Crippen LogP contribution in [0.4, 0.5) is 5.82 Å². The van der Waals surface area contributed by atoms with Crippen LogP contribution in [0, 0.1) is 6.92 Å². The first kappa shape index (κ1) is 15.6. The van der Waals surface area contributed by atoms with Gasteiger partial charge in [-0.1, -0.05) is 0 Å². The van der Waals surface area contributed by atoms with Crippen LogP contribution in [0.2, 0.25) is 0 Å². The quantitative estimate of drug-likeness (QED) is 0.837. The van der Waals surface area contributed by atoms with Crippen LogP contribution in [0.5, 0.6) is 0 Å². The Kier molecular flexibility index (Phi) is 4.82. The highest BCUT2D eigenvalue weighted by Gasteiger charge is 2.14. The molecule has 2 aromatic heterocycles. The van der Waals surface area contributed by atoms with E-state index in [2.05, 4.69) is 20.4 Å². The van der Waals surface area contributed by atoms with E-state index < -0.39 is 18.5 Å². The molecule has 0 aromatic carbocycles. The summed E-state index contributed by atoms with van der Waals surface area (Å²) in [5.41, 5.74) is 0.752. The summed E-state index contributed by atoms with van der Waals surface area (Å²) in [5, 5.41) is 6.73. The molecule has 8 nitrogen and oxygen atoms in total. The first-order valence-electron chi connectivity index (χ1n) is 6.76. The predicted octanol–water partition coefficient (Wildman–Crippen LogP) is 1.36. The number of esters is 1. The van der Waals surface area contributed by atoms with Gasteiger partial charge in [0.15, 0.2) is 12.3 Å². The van der Waals surface area contributed by atoms with Crippen molar-refractivity contribution < 1.29 is 14.3 Å². The number of anilines is 1. The number of carbonyl (C=O) groups is 2. The molecule has 0 spiro atoms. The Hall–Kier alpha value is -2.77. The van der Waals surface area contributed by atoms with Gasteiger partial charge in [-0.2, -0.15) is 5.10 Å². The summed E-state index contributed by atoms with van der Waals surface area (Å²) in [6.07, 6.45) is 4.35. The molecular formula is C14H17N5O3. The lowest BCUT2D eigenvalue weighted by Gasteiger charge is -2.11. The van der Waals surface area contributed by atoms with E-state index >= 15 is 0 Å². The second kappa shape index (κ2) is 6.79. The van der Waals surface area contributed by atoms with E-state index in [1.807, 2.05) is 13.8 Å². The SMILES string of the molecule is Cc1cnc(C(=O)OCC(=O)Nc2ccnn2C(C)C)cn1. The number of ether oxygens (including phenoxy) is 1. The molecule has 0 atom stereocenters. The molecular weight excluding hydrogens is 286 g/mol. The average molecular weight is 303 g/mol. The standard InChI is InChI=1S/C14H17N5O3/c1-9(2)19-12(4-5-17-19)18-13(20)8-22-14(21)11-7-15-10(3)6-16-11/h4-7,9H,8H2,1-3H3,(H,18,20). The first-order chi connectivity index (χ1) is 10.5. The summed E-state index contributed by atoms with van der Waals surface area (Å²) >= 11 is 0. The monoisotopic (exact) mass is 303 g/mol. The zero-order chi connectivity index (χ0) is 16.1. The maximum Gasteiger partial charge on any atom is 0.359 e. The van der Waals surface area contributed by atoms with Crippen molar-refractivity contribution in [3.05, 3.63) is 36.0 Å². The van der Waals surface area contributed by atoms with E-state index in [-0.39, 0.29) is 11.7 Å². The smallest absolute Gasteiger partial charge is 0.359 e. The lowest BCUT2D eigenvalue weighted by Crippen LogP contribution is -2.23. The Labute approximate surface area is 127 Å². The Morgan fingerprint density at radius 1 is 1.32 bits per heavy atom. The molecule has 22 heavy (non-hydrogen) atoms. The van der Waals surface area contributed by atoms with Gasteiger partial charge >= 0.3 is 5.97 Å². The molecule has 0 saturated carbocycles. The highest BCUT2D eigenvalue weighted by atomic mass is 16.5. The summed E-state index contributed by atoms with van der Waals surface area (Å²) in [7, 11) is 0. The van der Waals surface area contributed by atoms with Crippen LogP contribution in [-0.4, -0.2) is 38.2 Å². The van der Waals surface area contributed by atoms with Crippen LogP contribution in [0.3, 0.4) is 0 Å². The number of amides is 1. The third-order valence-corrected chi connectivity index (χ3v) is 2.75. The van der Waals surface area contributed by atoms with E-state index in [4.69, 9.17) is 4.74 Å². The van der Waals surface area contributed by atoms with Gasteiger partial charge < -0.3 is 10.1 Å². The molecule has 1 N–H and O–H groups in total. The fourth-order valence-electron chi connectivity index (χ4n) is 1.71. The summed E-state index contributed by atoms with van der Waals surface area (Å²) in [6, 6.07) is 1.78. The van der Waals surface area contributed by atoms with Gasteiger partial charge in [-0.05, 0) is 20.8 Å². The summed E-state index contributed by atoms with van der Waals surface area (Å²) in [6.45, 7) is 5.24. The van der Waals surface area contributed by atoms with Gasteiger partial charge in [-0.3, -0.25) is 9.78 Å². The number of carbonyl (C=O) groups excluding carboxylic acids is 2. The Balaban J connectivity index is 1.88. The van der Waals surface area contributed by atoms with Crippen LogP contribution < -0.4 is 5.32 Å². The second-order valence-electron chi connectivity index (χ2n) is 4.92. The van der Waals surface area contributed by atoms with Gasteiger partial charge in [-0.25, -0.2) is 14.5 Å². The Morgan fingerprint density at radius 3 is 2.73 bits per heavy atom. The van der Waals surface area contributed by atoms with Crippen LogP contribution in [0.25, 0.3) is 0 Å². The van der Waals surface area contributed by atoms with Gasteiger partial charge in [-0.15, -0.1) is 0 Å². The second-order valence-corrected chi connectivity index (χ2v) is 4.92. The molecule has 0 bridgehead atoms. The molecule has 2 rings (SSSR count). The van der Waals surface area contributed by atoms with E-state index in [9.17, 15) is 9.59 Å². The first-order valence-corrected chi connectivity index (χ1v) is 6.76. The predicted molar refractivity (Wildman–Crippen MR) is 78.3 cm³/mol. The molecule has 0 aliphatic rings. The Bertz CT molecular complexity index is 663. The normalized spacial score (nSPS) is 10.5. The molecule has 0 aliphatic heterocycles. The molecule has 2 heterocycles. The zero-order valence-corrected chi connectivity index (χ0v) is 12.6. The zero-order valence-electron chi connectivity index (χ0n) is 12.6. The molecule has 0 unspecified atom stereocenters. The van der Waals surface area contributed by atoms with E-state index in [0.29, 0.717) is 11.5 Å². The van der Waals surface area contributed by atoms with Crippen LogP contribution >= 0.6 is 0 Å². The van der Waals surface area contributed by atoms with Crippen molar-refractivity contribution in [3.8, 4) is 0 Å². The molecule has 8 heteroatoms. The van der Waals surface area contributed by atoms with Gasteiger partial charge in [0.1, 0.15) is 5.82 Å². The molecule has 0 aliphatic carbocycles. The molecule has 2 aromatic rings. The van der Waals surface area contributed by atoms with E-state index in [0.717, 1.165) is 0 Å². The van der Waals surface area contributed by atoms with Gasteiger partial charge in [0.25, 0.3) is 5.91 Å². The third-order valence-electron chi connectivity index (χ3n) is 2.75. The number of hydrogen-bond donors (Lipinski definition) is 1. The number of nitrogens with zero attached hydrogens (tertiary/aromatic N) is 4. The van der Waals surface area contributed by atoms with Gasteiger partial charge in [0, 0.05) is 18.3 Å². The number of aryl methyl sites for hydroxylation is 1. The number of aromatic nitrogens is 4. The van der Waals surface area contributed by atoms with Gasteiger partial charge in [0.05, 0.1) is 18.1 Å². The van der Waals surface area contributed by atoms with Crippen molar-refractivity contribution in [2.24, 2.45) is 0 Å². The maximum absolute atomic E-state index is 11.8. The van der Waals surface area contributed by atoms with Crippen molar-refractivity contribution >= 4 is 17.7 Å². The topological polar surface area (TPSA) is 99.0 Å². The van der Waals surface area contributed by atoms with Crippen LogP contribution in [0.15, 0.2) is 24.7 Å². The molecule has 0 radical (unpaired) electrons. The number of hydrogen-bond acceptors (Lipinski definition) is 6. The molecule has 0 saturated heterocycles. The largest absolute Gasteiger partial charge is 0.451 e. The minimum atomic E-state index is -0.694. The van der Waals surface area contributed by atoms with Crippen molar-refractivity contribution in [2.75, 3.05) is 11.9 Å². The maximum atomic E-state index is 11.8. The van der Waals surface area contributed by atoms with E-state index in [1.165, 1.54) is 12.4 Å². The molecule has 116 valence electrons. The lowest BCUT2D eigenvalue weighted by molar-refractivity contribution is -0.119. The fourth-order valence-corrected chi connectivity index (χ4v) is 1.71. The van der Waals surface area contributed by atoms with Gasteiger partial charge in [0.2, 0.25) is 0 Å². The minimum Gasteiger partial charge on any atom is -0.451 e. The summed E-state index contributed by atoms with van der Waals surface area (Å²) in [5.74, 6) is -0.595. The third kappa shape index (κ3) is 3.87. The number of rotatable bonds is 5. The van der Waals surface area contributed by atoms with Crippen molar-refractivity contribution in [1.82, 2.24) is 19.7 Å². The summed E-state index contributed by atoms with van der Waals surface area (Å²) < 4.78 is 6.55. The molecule has 1 amide bonds. The Morgan fingerprint density at radius 2 is 2.09 bits per heavy atom. The lowest BCUT2D eigenvalue weighted by atomic mass is 10.4. The average Bonchev–Trinajstić information content (AvgIpc) is 2.94. The summed E-state index contributed by atoms with van der Waals surface area (Å²) in [4.78, 5) is 31.4. The van der Waals surface area contributed by atoms with E-state index in [1.54, 1.807) is 23.9 Å². The minimum absolute atomic E-state index is 0.0608. The number of nitrogens with one attached hydrogen (secondary N) is 1. The highest BCUT2D eigenvalue weighted by Crippen LogP contribution is 2.12.